The highest BCUT2D eigenvalue weighted by Crippen LogP contribution is 2.19. The van der Waals surface area contributed by atoms with E-state index in [9.17, 15) is 9.50 Å². The first-order valence-electron chi connectivity index (χ1n) is 5.90. The smallest absolute Gasteiger partial charge is 0.165 e. The van der Waals surface area contributed by atoms with Crippen molar-refractivity contribution in [3.63, 3.8) is 0 Å². The summed E-state index contributed by atoms with van der Waals surface area (Å²) in [6.07, 6.45) is -0.711. The van der Waals surface area contributed by atoms with Crippen molar-refractivity contribution >= 4 is 0 Å². The van der Waals surface area contributed by atoms with Crippen LogP contribution in [0.1, 0.15) is 5.56 Å². The number of ether oxygens (including phenoxy) is 3. The van der Waals surface area contributed by atoms with E-state index in [1.165, 1.54) is 13.2 Å². The lowest BCUT2D eigenvalue weighted by atomic mass is 10.0. The van der Waals surface area contributed by atoms with E-state index in [0.717, 1.165) is 0 Å². The largest absolute Gasteiger partial charge is 0.494 e. The van der Waals surface area contributed by atoms with Crippen molar-refractivity contribution in [3.8, 4) is 5.75 Å². The zero-order chi connectivity index (χ0) is 13.0. The molecule has 2 rings (SSSR count). The summed E-state index contributed by atoms with van der Waals surface area (Å²) >= 11 is 0. The summed E-state index contributed by atoms with van der Waals surface area (Å²) in [5, 5.41) is 9.99. The Kier molecular flexibility index (Phi) is 4.52. The van der Waals surface area contributed by atoms with Gasteiger partial charge in [-0.25, -0.2) is 4.39 Å². The molecule has 1 fully saturated rings. The molecular weight excluding hydrogens is 239 g/mol. The normalized spacial score (nSPS) is 21.6. The Labute approximate surface area is 105 Å². The zero-order valence-corrected chi connectivity index (χ0v) is 10.3. The second-order valence-corrected chi connectivity index (χ2v) is 4.22. The molecular formula is C13H17FO4. The van der Waals surface area contributed by atoms with E-state index in [1.807, 2.05) is 0 Å². The van der Waals surface area contributed by atoms with Crippen LogP contribution in [-0.2, 0) is 15.9 Å². The first-order chi connectivity index (χ1) is 8.70. The number of aliphatic hydroxyl groups is 1. The molecule has 0 bridgehead atoms. The minimum Gasteiger partial charge on any atom is -0.494 e. The van der Waals surface area contributed by atoms with Crippen LogP contribution in [0.25, 0.3) is 0 Å². The van der Waals surface area contributed by atoms with Crippen molar-refractivity contribution in [2.24, 2.45) is 0 Å². The van der Waals surface area contributed by atoms with E-state index in [0.29, 0.717) is 31.8 Å². The maximum absolute atomic E-state index is 13.5. The highest BCUT2D eigenvalue weighted by molar-refractivity contribution is 5.29. The SMILES string of the molecule is COc1ccc(CC(O)C2COCCO2)cc1F. The number of methoxy groups -OCH3 is 1. The van der Waals surface area contributed by atoms with Gasteiger partial charge in [-0.1, -0.05) is 6.07 Å². The maximum Gasteiger partial charge on any atom is 0.165 e. The van der Waals surface area contributed by atoms with Crippen LogP contribution in [0, 0.1) is 5.82 Å². The minimum absolute atomic E-state index is 0.200. The molecule has 0 amide bonds. The molecule has 0 aromatic heterocycles. The molecule has 1 aliphatic heterocycles. The van der Waals surface area contributed by atoms with Gasteiger partial charge in [0.2, 0.25) is 0 Å². The van der Waals surface area contributed by atoms with Gasteiger partial charge in [0.15, 0.2) is 11.6 Å². The molecule has 1 N–H and O–H groups in total. The fraction of sp³-hybridized carbons (Fsp3) is 0.538. The van der Waals surface area contributed by atoms with Gasteiger partial charge in [-0.15, -0.1) is 0 Å². The fourth-order valence-corrected chi connectivity index (χ4v) is 1.94. The molecule has 0 aliphatic carbocycles. The summed E-state index contributed by atoms with van der Waals surface area (Å²) in [6, 6.07) is 4.65. The maximum atomic E-state index is 13.5. The average Bonchev–Trinajstić information content (AvgIpc) is 2.40. The quantitative estimate of drug-likeness (QED) is 0.878. The summed E-state index contributed by atoms with van der Waals surface area (Å²) in [6.45, 7) is 1.42. The van der Waals surface area contributed by atoms with E-state index in [-0.39, 0.29) is 11.9 Å². The van der Waals surface area contributed by atoms with Crippen LogP contribution >= 0.6 is 0 Å². The Bertz CT molecular complexity index is 391. The second-order valence-electron chi connectivity index (χ2n) is 4.22. The molecule has 1 aliphatic rings. The number of hydrogen-bond acceptors (Lipinski definition) is 4. The Hall–Kier alpha value is -1.17. The van der Waals surface area contributed by atoms with Gasteiger partial charge < -0.3 is 19.3 Å². The van der Waals surface area contributed by atoms with E-state index in [2.05, 4.69) is 0 Å². The Morgan fingerprint density at radius 1 is 1.50 bits per heavy atom. The van der Waals surface area contributed by atoms with Gasteiger partial charge in [-0.2, -0.15) is 0 Å². The number of halogens is 1. The molecule has 18 heavy (non-hydrogen) atoms. The molecule has 1 heterocycles. The molecule has 1 saturated heterocycles. The number of rotatable bonds is 4. The third-order valence-corrected chi connectivity index (χ3v) is 2.93. The van der Waals surface area contributed by atoms with Crippen LogP contribution in [0.15, 0.2) is 18.2 Å². The molecule has 4 nitrogen and oxygen atoms in total. The molecule has 5 heteroatoms. The van der Waals surface area contributed by atoms with E-state index >= 15 is 0 Å². The lowest BCUT2D eigenvalue weighted by Gasteiger charge is -2.27. The Balaban J connectivity index is 1.97. The lowest BCUT2D eigenvalue weighted by molar-refractivity contribution is -0.131. The molecule has 2 unspecified atom stereocenters. The Morgan fingerprint density at radius 2 is 2.33 bits per heavy atom. The van der Waals surface area contributed by atoms with E-state index in [1.54, 1.807) is 12.1 Å². The van der Waals surface area contributed by atoms with Crippen LogP contribution in [0.3, 0.4) is 0 Å². The van der Waals surface area contributed by atoms with Gasteiger partial charge in [0.05, 0.1) is 33.0 Å². The van der Waals surface area contributed by atoms with Crippen LogP contribution in [0.4, 0.5) is 4.39 Å². The summed E-state index contributed by atoms with van der Waals surface area (Å²) in [4.78, 5) is 0. The van der Waals surface area contributed by atoms with Gasteiger partial charge in [-0.05, 0) is 17.7 Å². The molecule has 1 aromatic rings. The summed E-state index contributed by atoms with van der Waals surface area (Å²) < 4.78 is 28.9. The summed E-state index contributed by atoms with van der Waals surface area (Å²) in [5.41, 5.74) is 0.704. The topological polar surface area (TPSA) is 47.9 Å². The van der Waals surface area contributed by atoms with Crippen LogP contribution in [0.2, 0.25) is 0 Å². The third kappa shape index (κ3) is 3.19. The molecule has 0 saturated carbocycles. The standard InChI is InChI=1S/C13H17FO4/c1-16-12-3-2-9(6-10(12)14)7-11(15)13-8-17-4-5-18-13/h2-3,6,11,13,15H,4-5,7-8H2,1H3. The van der Waals surface area contributed by atoms with E-state index < -0.39 is 11.9 Å². The predicted molar refractivity (Wildman–Crippen MR) is 63.2 cm³/mol. The van der Waals surface area contributed by atoms with Crippen molar-refractivity contribution < 1.29 is 23.7 Å². The van der Waals surface area contributed by atoms with Crippen molar-refractivity contribution in [3.05, 3.63) is 29.6 Å². The first kappa shape index (κ1) is 13.3. The number of hydrogen-bond donors (Lipinski definition) is 1. The molecule has 1 aromatic carbocycles. The third-order valence-electron chi connectivity index (χ3n) is 2.93. The van der Waals surface area contributed by atoms with Crippen LogP contribution in [0.5, 0.6) is 5.75 Å². The van der Waals surface area contributed by atoms with Crippen molar-refractivity contribution in [1.82, 2.24) is 0 Å². The second kappa shape index (κ2) is 6.13. The molecule has 2 atom stereocenters. The van der Waals surface area contributed by atoms with Gasteiger partial charge in [0.1, 0.15) is 6.10 Å². The highest BCUT2D eigenvalue weighted by Gasteiger charge is 2.23. The summed E-state index contributed by atoms with van der Waals surface area (Å²) in [5.74, 6) is -0.228. The highest BCUT2D eigenvalue weighted by atomic mass is 19.1. The lowest BCUT2D eigenvalue weighted by Crippen LogP contribution is -2.39. The van der Waals surface area contributed by atoms with Crippen LogP contribution < -0.4 is 4.74 Å². The fourth-order valence-electron chi connectivity index (χ4n) is 1.94. The van der Waals surface area contributed by atoms with Gasteiger partial charge in [0.25, 0.3) is 0 Å². The van der Waals surface area contributed by atoms with Gasteiger partial charge >= 0.3 is 0 Å². The van der Waals surface area contributed by atoms with Gasteiger partial charge in [-0.3, -0.25) is 0 Å². The predicted octanol–water partition coefficient (Wildman–Crippen LogP) is 1.15. The zero-order valence-electron chi connectivity index (χ0n) is 10.3. The molecule has 0 radical (unpaired) electrons. The monoisotopic (exact) mass is 256 g/mol. The molecule has 100 valence electrons. The molecule has 0 spiro atoms. The van der Waals surface area contributed by atoms with Crippen molar-refractivity contribution in [2.45, 2.75) is 18.6 Å². The Morgan fingerprint density at radius 3 is 2.94 bits per heavy atom. The number of aliphatic hydroxyl groups excluding tert-OH is 1. The van der Waals surface area contributed by atoms with Crippen molar-refractivity contribution in [1.29, 1.82) is 0 Å². The number of benzene rings is 1. The average molecular weight is 256 g/mol. The van der Waals surface area contributed by atoms with Crippen molar-refractivity contribution in [2.75, 3.05) is 26.9 Å². The van der Waals surface area contributed by atoms with E-state index in [4.69, 9.17) is 14.2 Å². The van der Waals surface area contributed by atoms with Gasteiger partial charge in [0, 0.05) is 6.42 Å². The van der Waals surface area contributed by atoms with Crippen LogP contribution in [-0.4, -0.2) is 44.2 Å². The summed E-state index contributed by atoms with van der Waals surface area (Å²) in [7, 11) is 1.42. The first-order valence-corrected chi connectivity index (χ1v) is 5.90. The minimum atomic E-state index is -0.696.